The second-order valence-electron chi connectivity index (χ2n) is 4.49. The highest BCUT2D eigenvalue weighted by atomic mass is 16.2. The summed E-state index contributed by atoms with van der Waals surface area (Å²) in [5, 5.41) is 2.65. The molecule has 0 fully saturated rings. The van der Waals surface area contributed by atoms with Gasteiger partial charge < -0.3 is 5.32 Å². The molecule has 0 unspecified atom stereocenters. The predicted molar refractivity (Wildman–Crippen MR) is 81.8 cm³/mol. The van der Waals surface area contributed by atoms with Crippen molar-refractivity contribution in [3.63, 3.8) is 0 Å². The van der Waals surface area contributed by atoms with Crippen LogP contribution < -0.4 is 5.32 Å². The van der Waals surface area contributed by atoms with E-state index in [-0.39, 0.29) is 12.5 Å². The van der Waals surface area contributed by atoms with E-state index in [2.05, 4.69) is 16.2 Å². The molecule has 0 radical (unpaired) electrons. The van der Waals surface area contributed by atoms with E-state index in [0.717, 1.165) is 16.8 Å². The van der Waals surface area contributed by atoms with Crippen LogP contribution in [0.1, 0.15) is 10.6 Å². The first-order chi connectivity index (χ1) is 10.3. The molecule has 0 aliphatic carbocycles. The van der Waals surface area contributed by atoms with Gasteiger partial charge in [0.1, 0.15) is 0 Å². The smallest absolute Gasteiger partial charge is 0.288 e. The normalized spacial score (nSPS) is 10.2. The zero-order chi connectivity index (χ0) is 14.7. The lowest BCUT2D eigenvalue weighted by molar-refractivity contribution is 0.0948. The van der Waals surface area contributed by atoms with E-state index in [0.29, 0.717) is 5.82 Å². The Morgan fingerprint density at radius 2 is 1.95 bits per heavy atom. The summed E-state index contributed by atoms with van der Waals surface area (Å²) in [6.07, 6.45) is 6.99. The molecule has 21 heavy (non-hydrogen) atoms. The molecular weight excluding hydrogens is 262 g/mol. The maximum atomic E-state index is 12.2. The van der Waals surface area contributed by atoms with E-state index in [1.165, 1.54) is 0 Å². The Morgan fingerprint density at radius 3 is 2.71 bits per heavy atom. The molecule has 2 aromatic heterocycles. The Kier molecular flexibility index (Phi) is 3.40. The van der Waals surface area contributed by atoms with Gasteiger partial charge in [0, 0.05) is 11.8 Å². The molecule has 0 spiro atoms. The molecule has 4 heteroatoms. The standard InChI is InChI=1S/C17H13N3O/c1-2-11-18-17(21)16-19-15(13-8-4-3-5-9-13)14-10-6-7-12-20(14)16/h1,3-10,12H,11H2,(H,18,21). The predicted octanol–water partition coefficient (Wildman–Crippen LogP) is 2.36. The molecule has 1 N–H and O–H groups in total. The van der Waals surface area contributed by atoms with E-state index < -0.39 is 0 Å². The molecule has 0 atom stereocenters. The number of aromatic nitrogens is 2. The summed E-state index contributed by atoms with van der Waals surface area (Å²) in [6, 6.07) is 15.5. The van der Waals surface area contributed by atoms with E-state index in [1.807, 2.05) is 54.7 Å². The van der Waals surface area contributed by atoms with Crippen LogP contribution in [0.25, 0.3) is 16.8 Å². The lowest BCUT2D eigenvalue weighted by atomic mass is 10.1. The van der Waals surface area contributed by atoms with Crippen molar-refractivity contribution in [2.75, 3.05) is 6.54 Å². The van der Waals surface area contributed by atoms with Gasteiger partial charge in [-0.25, -0.2) is 4.98 Å². The van der Waals surface area contributed by atoms with Gasteiger partial charge >= 0.3 is 0 Å². The molecular formula is C17H13N3O. The molecule has 0 aliphatic heterocycles. The van der Waals surface area contributed by atoms with Crippen molar-refractivity contribution in [3.8, 4) is 23.6 Å². The van der Waals surface area contributed by atoms with Gasteiger partial charge in [-0.15, -0.1) is 6.42 Å². The number of nitrogens with zero attached hydrogens (tertiary/aromatic N) is 2. The number of amides is 1. The van der Waals surface area contributed by atoms with Gasteiger partial charge in [-0.05, 0) is 12.1 Å². The number of pyridine rings is 1. The largest absolute Gasteiger partial charge is 0.338 e. The van der Waals surface area contributed by atoms with Gasteiger partial charge in [0.2, 0.25) is 5.82 Å². The summed E-state index contributed by atoms with van der Waals surface area (Å²) in [5.74, 6) is 2.44. The zero-order valence-electron chi connectivity index (χ0n) is 11.3. The number of hydrogen-bond donors (Lipinski definition) is 1. The molecule has 3 rings (SSSR count). The average molecular weight is 275 g/mol. The van der Waals surface area contributed by atoms with Crippen molar-refractivity contribution in [2.24, 2.45) is 0 Å². The average Bonchev–Trinajstić information content (AvgIpc) is 2.93. The highest BCUT2D eigenvalue weighted by Gasteiger charge is 2.17. The van der Waals surface area contributed by atoms with Crippen molar-refractivity contribution < 1.29 is 4.79 Å². The molecule has 0 saturated heterocycles. The summed E-state index contributed by atoms with van der Waals surface area (Å²) in [7, 11) is 0. The molecule has 102 valence electrons. The van der Waals surface area contributed by atoms with Crippen molar-refractivity contribution in [3.05, 3.63) is 60.6 Å². The van der Waals surface area contributed by atoms with Crippen LogP contribution in [0.3, 0.4) is 0 Å². The topological polar surface area (TPSA) is 46.4 Å². The highest BCUT2D eigenvalue weighted by Crippen LogP contribution is 2.24. The minimum Gasteiger partial charge on any atom is -0.338 e. The Labute approximate surface area is 122 Å². The monoisotopic (exact) mass is 275 g/mol. The van der Waals surface area contributed by atoms with Gasteiger partial charge in [0.05, 0.1) is 17.8 Å². The molecule has 0 saturated carbocycles. The number of imidazole rings is 1. The molecule has 0 bridgehead atoms. The Balaban J connectivity index is 2.15. The van der Waals surface area contributed by atoms with Gasteiger partial charge in [-0.2, -0.15) is 0 Å². The quantitative estimate of drug-likeness (QED) is 0.746. The lowest BCUT2D eigenvalue weighted by Crippen LogP contribution is -2.25. The fourth-order valence-electron chi connectivity index (χ4n) is 2.22. The number of carbonyl (C=O) groups is 1. The maximum absolute atomic E-state index is 12.2. The summed E-state index contributed by atoms with van der Waals surface area (Å²) >= 11 is 0. The van der Waals surface area contributed by atoms with E-state index in [9.17, 15) is 4.79 Å². The third-order valence-corrected chi connectivity index (χ3v) is 3.15. The number of terminal acetylenes is 1. The van der Waals surface area contributed by atoms with Gasteiger partial charge in [-0.1, -0.05) is 42.3 Å². The van der Waals surface area contributed by atoms with Crippen LogP contribution in [0.4, 0.5) is 0 Å². The third kappa shape index (κ3) is 2.37. The molecule has 1 amide bonds. The first kappa shape index (κ1) is 12.9. The fourth-order valence-corrected chi connectivity index (χ4v) is 2.22. The summed E-state index contributed by atoms with van der Waals surface area (Å²) in [5.41, 5.74) is 2.63. The molecule has 3 aromatic rings. The van der Waals surface area contributed by atoms with Gasteiger partial charge in [0.25, 0.3) is 5.91 Å². The van der Waals surface area contributed by atoms with Crippen LogP contribution in [0, 0.1) is 12.3 Å². The zero-order valence-corrected chi connectivity index (χ0v) is 11.3. The number of carbonyl (C=O) groups excluding carboxylic acids is 1. The van der Waals surface area contributed by atoms with E-state index >= 15 is 0 Å². The van der Waals surface area contributed by atoms with Crippen LogP contribution in [0.15, 0.2) is 54.7 Å². The first-order valence-electron chi connectivity index (χ1n) is 6.55. The van der Waals surface area contributed by atoms with Crippen molar-refractivity contribution >= 4 is 11.4 Å². The van der Waals surface area contributed by atoms with Crippen LogP contribution in [-0.4, -0.2) is 21.8 Å². The second kappa shape index (κ2) is 5.51. The van der Waals surface area contributed by atoms with Crippen molar-refractivity contribution in [2.45, 2.75) is 0 Å². The third-order valence-electron chi connectivity index (χ3n) is 3.15. The summed E-state index contributed by atoms with van der Waals surface area (Å²) < 4.78 is 1.77. The Bertz CT molecular complexity index is 828. The fraction of sp³-hybridized carbons (Fsp3) is 0.0588. The molecule has 1 aromatic carbocycles. The minimum absolute atomic E-state index is 0.182. The van der Waals surface area contributed by atoms with Gasteiger partial charge in [-0.3, -0.25) is 9.20 Å². The summed E-state index contributed by atoms with van der Waals surface area (Å²) in [4.78, 5) is 16.7. The van der Waals surface area contributed by atoms with E-state index in [1.54, 1.807) is 4.40 Å². The number of fused-ring (bicyclic) bond motifs is 1. The van der Waals surface area contributed by atoms with Crippen LogP contribution in [-0.2, 0) is 0 Å². The second-order valence-corrected chi connectivity index (χ2v) is 4.49. The molecule has 0 aliphatic rings. The van der Waals surface area contributed by atoms with Crippen LogP contribution >= 0.6 is 0 Å². The first-order valence-corrected chi connectivity index (χ1v) is 6.55. The molecule has 2 heterocycles. The number of rotatable bonds is 3. The minimum atomic E-state index is -0.281. The number of hydrogen-bond acceptors (Lipinski definition) is 2. The lowest BCUT2D eigenvalue weighted by Gasteiger charge is -2.00. The highest BCUT2D eigenvalue weighted by molar-refractivity contribution is 5.94. The van der Waals surface area contributed by atoms with Crippen LogP contribution in [0.2, 0.25) is 0 Å². The van der Waals surface area contributed by atoms with Crippen molar-refractivity contribution in [1.29, 1.82) is 0 Å². The van der Waals surface area contributed by atoms with Gasteiger partial charge in [0.15, 0.2) is 0 Å². The molecule has 4 nitrogen and oxygen atoms in total. The van der Waals surface area contributed by atoms with Crippen molar-refractivity contribution in [1.82, 2.24) is 14.7 Å². The van der Waals surface area contributed by atoms with Crippen LogP contribution in [0.5, 0.6) is 0 Å². The summed E-state index contributed by atoms with van der Waals surface area (Å²) in [6.45, 7) is 0.182. The SMILES string of the molecule is C#CCNC(=O)c1nc(-c2ccccc2)c2ccccn12. The number of benzene rings is 1. The van der Waals surface area contributed by atoms with E-state index in [4.69, 9.17) is 6.42 Å². The Morgan fingerprint density at radius 1 is 1.19 bits per heavy atom. The number of nitrogens with one attached hydrogen (secondary N) is 1. The maximum Gasteiger partial charge on any atom is 0.288 e. The Hall–Kier alpha value is -3.06.